The quantitative estimate of drug-likeness (QED) is 0.450. The number of hydrazone groups is 1. The fourth-order valence-electron chi connectivity index (χ4n) is 2.26. The lowest BCUT2D eigenvalue weighted by molar-refractivity contribution is 0.0955. The van der Waals surface area contributed by atoms with Gasteiger partial charge in [-0.2, -0.15) is 5.10 Å². The van der Waals surface area contributed by atoms with E-state index < -0.39 is 0 Å². The molecule has 3 rings (SSSR count). The number of carbonyl (C=O) groups excluding carboxylic acids is 1. The van der Waals surface area contributed by atoms with E-state index in [0.29, 0.717) is 22.2 Å². The normalized spacial score (nSPS) is 10.7. The number of nitrogens with one attached hydrogen (secondary N) is 1. The van der Waals surface area contributed by atoms with Crippen molar-refractivity contribution in [3.63, 3.8) is 0 Å². The van der Waals surface area contributed by atoms with Crippen molar-refractivity contribution in [2.75, 3.05) is 0 Å². The lowest BCUT2D eigenvalue weighted by atomic mass is 10.2. The highest BCUT2D eigenvalue weighted by atomic mass is 35.5. The fraction of sp³-hybridized carbons (Fsp3) is 0.0476. The molecule has 3 aromatic carbocycles. The fourth-order valence-corrected chi connectivity index (χ4v) is 2.57. The number of nitrogens with zero attached hydrogens (tertiary/aromatic N) is 1. The molecular formula is C21H16Cl2N2O2. The highest BCUT2D eigenvalue weighted by molar-refractivity contribution is 6.31. The Morgan fingerprint density at radius 2 is 1.67 bits per heavy atom. The minimum Gasteiger partial charge on any atom is -0.489 e. The van der Waals surface area contributed by atoms with E-state index in [2.05, 4.69) is 10.5 Å². The van der Waals surface area contributed by atoms with Gasteiger partial charge in [-0.05, 0) is 60.2 Å². The molecule has 0 spiro atoms. The minimum absolute atomic E-state index is 0.303. The number of ether oxygens (including phenoxy) is 1. The molecule has 0 aliphatic rings. The lowest BCUT2D eigenvalue weighted by Crippen LogP contribution is -2.17. The molecule has 0 unspecified atom stereocenters. The molecule has 0 bridgehead atoms. The average molecular weight is 399 g/mol. The maximum atomic E-state index is 11.9. The molecule has 136 valence electrons. The summed E-state index contributed by atoms with van der Waals surface area (Å²) in [7, 11) is 0. The largest absolute Gasteiger partial charge is 0.489 e. The number of amides is 1. The van der Waals surface area contributed by atoms with E-state index in [1.54, 1.807) is 30.5 Å². The van der Waals surface area contributed by atoms with Crippen molar-refractivity contribution in [3.8, 4) is 5.75 Å². The van der Waals surface area contributed by atoms with E-state index in [9.17, 15) is 4.79 Å². The first-order chi connectivity index (χ1) is 13.1. The second-order valence-corrected chi connectivity index (χ2v) is 6.50. The summed E-state index contributed by atoms with van der Waals surface area (Å²) in [6.07, 6.45) is 1.56. The zero-order valence-corrected chi connectivity index (χ0v) is 15.7. The molecule has 27 heavy (non-hydrogen) atoms. The van der Waals surface area contributed by atoms with Gasteiger partial charge in [0.25, 0.3) is 5.91 Å². The van der Waals surface area contributed by atoms with E-state index in [4.69, 9.17) is 27.9 Å². The smallest absolute Gasteiger partial charge is 0.271 e. The Balaban J connectivity index is 1.52. The summed E-state index contributed by atoms with van der Waals surface area (Å²) in [6.45, 7) is 0.393. The zero-order chi connectivity index (χ0) is 19.1. The van der Waals surface area contributed by atoms with Crippen molar-refractivity contribution >= 4 is 35.3 Å². The summed E-state index contributed by atoms with van der Waals surface area (Å²) in [5.41, 5.74) is 4.72. The first kappa shape index (κ1) is 19.0. The van der Waals surface area contributed by atoms with Crippen molar-refractivity contribution in [3.05, 3.63) is 99.5 Å². The van der Waals surface area contributed by atoms with Crippen molar-refractivity contribution in [2.45, 2.75) is 6.61 Å². The number of hydrogen-bond acceptors (Lipinski definition) is 3. The van der Waals surface area contributed by atoms with Crippen LogP contribution in [0.2, 0.25) is 10.0 Å². The van der Waals surface area contributed by atoms with Gasteiger partial charge in [0, 0.05) is 21.2 Å². The predicted octanol–water partition coefficient (Wildman–Crippen LogP) is 5.34. The molecule has 0 saturated heterocycles. The highest BCUT2D eigenvalue weighted by Gasteiger charge is 2.03. The van der Waals surface area contributed by atoms with Crippen LogP contribution in [0.5, 0.6) is 5.75 Å². The maximum absolute atomic E-state index is 11.9. The number of halogens is 2. The Kier molecular flexibility index (Phi) is 6.47. The summed E-state index contributed by atoms with van der Waals surface area (Å²) in [4.78, 5) is 11.9. The average Bonchev–Trinajstić information content (AvgIpc) is 2.69. The van der Waals surface area contributed by atoms with Gasteiger partial charge < -0.3 is 4.74 Å². The van der Waals surface area contributed by atoms with Gasteiger partial charge in [0.1, 0.15) is 12.4 Å². The molecule has 0 aromatic heterocycles. The Bertz CT molecular complexity index is 939. The molecule has 1 N–H and O–H groups in total. The highest BCUT2D eigenvalue weighted by Crippen LogP contribution is 2.18. The molecule has 0 aliphatic carbocycles. The molecule has 0 fully saturated rings. The van der Waals surface area contributed by atoms with Gasteiger partial charge in [0.15, 0.2) is 0 Å². The maximum Gasteiger partial charge on any atom is 0.271 e. The third-order valence-electron chi connectivity index (χ3n) is 3.72. The molecule has 0 radical (unpaired) electrons. The Hall–Kier alpha value is -2.82. The van der Waals surface area contributed by atoms with E-state index in [1.807, 2.05) is 48.5 Å². The minimum atomic E-state index is -0.303. The van der Waals surface area contributed by atoms with Crippen molar-refractivity contribution < 1.29 is 9.53 Å². The summed E-state index contributed by atoms with van der Waals surface area (Å²) in [6, 6.07) is 21.5. The predicted molar refractivity (Wildman–Crippen MR) is 109 cm³/mol. The topological polar surface area (TPSA) is 50.7 Å². The SMILES string of the molecule is O=C(N/N=C/c1ccc(OCc2ccccc2Cl)cc1)c1ccc(Cl)cc1. The van der Waals surface area contributed by atoms with Crippen molar-refractivity contribution in [2.24, 2.45) is 5.10 Å². The molecule has 4 nitrogen and oxygen atoms in total. The van der Waals surface area contributed by atoms with Gasteiger partial charge in [-0.25, -0.2) is 5.43 Å². The Morgan fingerprint density at radius 1 is 0.963 bits per heavy atom. The van der Waals surface area contributed by atoms with Crippen LogP contribution in [0.15, 0.2) is 77.9 Å². The van der Waals surface area contributed by atoms with Gasteiger partial charge in [-0.15, -0.1) is 0 Å². The molecule has 0 saturated carbocycles. The van der Waals surface area contributed by atoms with Crippen LogP contribution in [0.4, 0.5) is 0 Å². The molecule has 0 heterocycles. The number of carbonyl (C=O) groups is 1. The summed E-state index contributed by atoms with van der Waals surface area (Å²) >= 11 is 11.9. The zero-order valence-electron chi connectivity index (χ0n) is 14.2. The van der Waals surface area contributed by atoms with Gasteiger partial charge in [-0.3, -0.25) is 4.79 Å². The van der Waals surface area contributed by atoms with E-state index in [1.165, 1.54) is 0 Å². The summed E-state index contributed by atoms with van der Waals surface area (Å²) < 4.78 is 5.73. The van der Waals surface area contributed by atoms with Gasteiger partial charge in [0.05, 0.1) is 6.21 Å². The van der Waals surface area contributed by atoms with Gasteiger partial charge in [0.2, 0.25) is 0 Å². The second-order valence-electron chi connectivity index (χ2n) is 5.66. The molecule has 0 aliphatic heterocycles. The monoisotopic (exact) mass is 398 g/mol. The number of hydrogen-bond donors (Lipinski definition) is 1. The standard InChI is InChI=1S/C21H16Cl2N2O2/c22-18-9-7-16(8-10-18)21(26)25-24-13-15-5-11-19(12-6-15)27-14-17-3-1-2-4-20(17)23/h1-13H,14H2,(H,25,26)/b24-13+. The van der Waals surface area contributed by atoms with Crippen LogP contribution in [-0.4, -0.2) is 12.1 Å². The summed E-state index contributed by atoms with van der Waals surface area (Å²) in [5.74, 6) is 0.417. The summed E-state index contributed by atoms with van der Waals surface area (Å²) in [5, 5.41) is 5.21. The van der Waals surface area contributed by atoms with Crippen molar-refractivity contribution in [1.82, 2.24) is 5.43 Å². The second kappa shape index (κ2) is 9.21. The number of benzene rings is 3. The Morgan fingerprint density at radius 3 is 2.37 bits per heavy atom. The first-order valence-corrected chi connectivity index (χ1v) is 8.92. The van der Waals surface area contributed by atoms with Crippen LogP contribution < -0.4 is 10.2 Å². The van der Waals surface area contributed by atoms with Crippen LogP contribution in [0.25, 0.3) is 0 Å². The van der Waals surface area contributed by atoms with E-state index in [-0.39, 0.29) is 5.91 Å². The molecule has 1 amide bonds. The van der Waals surface area contributed by atoms with Crippen LogP contribution in [0.1, 0.15) is 21.5 Å². The third kappa shape index (κ3) is 5.58. The molecule has 3 aromatic rings. The van der Waals surface area contributed by atoms with Gasteiger partial charge >= 0.3 is 0 Å². The van der Waals surface area contributed by atoms with E-state index in [0.717, 1.165) is 16.9 Å². The molecular weight excluding hydrogens is 383 g/mol. The van der Waals surface area contributed by atoms with Crippen LogP contribution in [-0.2, 0) is 6.61 Å². The first-order valence-electron chi connectivity index (χ1n) is 8.17. The van der Waals surface area contributed by atoms with Gasteiger partial charge in [-0.1, -0.05) is 41.4 Å². The number of rotatable bonds is 6. The third-order valence-corrected chi connectivity index (χ3v) is 4.34. The van der Waals surface area contributed by atoms with Crippen LogP contribution >= 0.6 is 23.2 Å². The van der Waals surface area contributed by atoms with Crippen LogP contribution in [0, 0.1) is 0 Å². The molecule has 0 atom stereocenters. The van der Waals surface area contributed by atoms with Crippen molar-refractivity contribution in [1.29, 1.82) is 0 Å². The molecule has 6 heteroatoms. The Labute approximate surface area is 167 Å². The van der Waals surface area contributed by atoms with E-state index >= 15 is 0 Å². The van der Waals surface area contributed by atoms with Crippen LogP contribution in [0.3, 0.4) is 0 Å². The lowest BCUT2D eigenvalue weighted by Gasteiger charge is -2.07.